The van der Waals surface area contributed by atoms with E-state index in [9.17, 15) is 17.6 Å². The number of carbonyl (C=O) groups is 1. The SMILES string of the molecule is COc1ccc2c(c1)OC(C)(C)CC2NC(=O)CN(c1ccccc1F)S(C)(=O)=O. The van der Waals surface area contributed by atoms with Crippen LogP contribution in [0.5, 0.6) is 11.5 Å². The zero-order chi connectivity index (χ0) is 22.1. The van der Waals surface area contributed by atoms with E-state index in [1.54, 1.807) is 25.3 Å². The summed E-state index contributed by atoms with van der Waals surface area (Å²) in [5.41, 5.74) is 0.0344. The second kappa shape index (κ2) is 8.14. The molecule has 7 nitrogen and oxygen atoms in total. The lowest BCUT2D eigenvalue weighted by molar-refractivity contribution is -0.120. The summed E-state index contributed by atoms with van der Waals surface area (Å²) in [4.78, 5) is 12.8. The topological polar surface area (TPSA) is 84.9 Å². The molecule has 162 valence electrons. The summed E-state index contributed by atoms with van der Waals surface area (Å²) in [6.45, 7) is 3.26. The number of fused-ring (bicyclic) bond motifs is 1. The Bertz CT molecular complexity index is 1060. The first-order valence-electron chi connectivity index (χ1n) is 9.39. The van der Waals surface area contributed by atoms with Gasteiger partial charge >= 0.3 is 0 Å². The summed E-state index contributed by atoms with van der Waals surface area (Å²) in [7, 11) is -2.32. The van der Waals surface area contributed by atoms with Crippen LogP contribution in [0.2, 0.25) is 0 Å². The third-order valence-electron chi connectivity index (χ3n) is 4.82. The maximum Gasteiger partial charge on any atom is 0.241 e. The Morgan fingerprint density at radius 1 is 1.30 bits per heavy atom. The van der Waals surface area contributed by atoms with Gasteiger partial charge in [-0.25, -0.2) is 12.8 Å². The number of nitrogens with zero attached hydrogens (tertiary/aromatic N) is 1. The lowest BCUT2D eigenvalue weighted by atomic mass is 9.89. The second-order valence-electron chi connectivity index (χ2n) is 7.81. The summed E-state index contributed by atoms with van der Waals surface area (Å²) in [6.07, 6.45) is 1.42. The minimum absolute atomic E-state index is 0.174. The molecule has 0 saturated carbocycles. The van der Waals surface area contributed by atoms with E-state index in [-0.39, 0.29) is 5.69 Å². The molecule has 0 saturated heterocycles. The molecular formula is C21H25FN2O5S. The predicted molar refractivity (Wildman–Crippen MR) is 112 cm³/mol. The van der Waals surface area contributed by atoms with Crippen molar-refractivity contribution >= 4 is 21.6 Å². The first-order chi connectivity index (χ1) is 14.0. The molecule has 9 heteroatoms. The maximum atomic E-state index is 14.2. The molecule has 1 aliphatic heterocycles. The Morgan fingerprint density at radius 3 is 2.63 bits per heavy atom. The van der Waals surface area contributed by atoms with Crippen molar-refractivity contribution in [2.45, 2.75) is 31.9 Å². The zero-order valence-corrected chi connectivity index (χ0v) is 18.1. The van der Waals surface area contributed by atoms with Gasteiger partial charge in [0.25, 0.3) is 0 Å². The first-order valence-corrected chi connectivity index (χ1v) is 11.2. The summed E-state index contributed by atoms with van der Waals surface area (Å²) in [6, 6.07) is 10.4. The van der Waals surface area contributed by atoms with E-state index in [2.05, 4.69) is 5.32 Å². The van der Waals surface area contributed by atoms with E-state index in [1.807, 2.05) is 13.8 Å². The molecule has 0 radical (unpaired) electrons. The quantitative estimate of drug-likeness (QED) is 0.753. The first kappa shape index (κ1) is 21.9. The van der Waals surface area contributed by atoms with Crippen LogP contribution in [0.4, 0.5) is 10.1 Å². The van der Waals surface area contributed by atoms with Gasteiger partial charge in [0.15, 0.2) is 0 Å². The lowest BCUT2D eigenvalue weighted by Crippen LogP contribution is -2.45. The Balaban J connectivity index is 1.85. The molecule has 1 aliphatic rings. The van der Waals surface area contributed by atoms with Gasteiger partial charge in [0.1, 0.15) is 29.5 Å². The molecule has 2 aromatic carbocycles. The van der Waals surface area contributed by atoms with Crippen molar-refractivity contribution in [3.8, 4) is 11.5 Å². The fourth-order valence-electron chi connectivity index (χ4n) is 3.49. The fourth-order valence-corrected chi connectivity index (χ4v) is 4.35. The molecule has 1 N–H and O–H groups in total. The third kappa shape index (κ3) is 4.84. The van der Waals surface area contributed by atoms with Crippen LogP contribution in [-0.2, 0) is 14.8 Å². The Morgan fingerprint density at radius 2 is 2.00 bits per heavy atom. The van der Waals surface area contributed by atoms with E-state index in [0.717, 1.165) is 22.2 Å². The number of para-hydroxylation sites is 1. The highest BCUT2D eigenvalue weighted by molar-refractivity contribution is 7.92. The lowest BCUT2D eigenvalue weighted by Gasteiger charge is -2.38. The average Bonchev–Trinajstić information content (AvgIpc) is 2.64. The van der Waals surface area contributed by atoms with Gasteiger partial charge in [0.2, 0.25) is 15.9 Å². The van der Waals surface area contributed by atoms with Crippen molar-refractivity contribution < 1.29 is 27.1 Å². The summed E-state index contributed by atoms with van der Waals surface area (Å²) in [5.74, 6) is -0.0576. The van der Waals surface area contributed by atoms with Crippen LogP contribution in [0.3, 0.4) is 0 Å². The Hall–Kier alpha value is -2.81. The predicted octanol–water partition coefficient (Wildman–Crippen LogP) is 3.02. The number of methoxy groups -OCH3 is 1. The third-order valence-corrected chi connectivity index (χ3v) is 5.95. The molecular weight excluding hydrogens is 411 g/mol. The van der Waals surface area contributed by atoms with Crippen molar-refractivity contribution in [3.63, 3.8) is 0 Å². The summed E-state index contributed by atoms with van der Waals surface area (Å²) >= 11 is 0. The molecule has 0 bridgehead atoms. The van der Waals surface area contributed by atoms with Crippen LogP contribution >= 0.6 is 0 Å². The van der Waals surface area contributed by atoms with Crippen LogP contribution < -0.4 is 19.1 Å². The molecule has 30 heavy (non-hydrogen) atoms. The number of anilines is 1. The number of benzene rings is 2. The molecule has 2 aromatic rings. The van der Waals surface area contributed by atoms with Gasteiger partial charge in [-0.2, -0.15) is 0 Å². The minimum atomic E-state index is -3.88. The molecule has 1 amide bonds. The minimum Gasteiger partial charge on any atom is -0.497 e. The summed E-state index contributed by atoms with van der Waals surface area (Å²) in [5, 5.41) is 2.87. The number of hydrogen-bond acceptors (Lipinski definition) is 5. The number of ether oxygens (including phenoxy) is 2. The monoisotopic (exact) mass is 436 g/mol. The number of nitrogens with one attached hydrogen (secondary N) is 1. The van der Waals surface area contributed by atoms with E-state index in [0.29, 0.717) is 17.9 Å². The number of hydrogen-bond donors (Lipinski definition) is 1. The number of halogens is 1. The molecule has 0 spiro atoms. The van der Waals surface area contributed by atoms with Crippen LogP contribution in [-0.4, -0.2) is 39.8 Å². The maximum absolute atomic E-state index is 14.2. The van der Waals surface area contributed by atoms with Crippen LogP contribution in [0.15, 0.2) is 42.5 Å². The van der Waals surface area contributed by atoms with Gasteiger partial charge < -0.3 is 14.8 Å². The van der Waals surface area contributed by atoms with Crippen molar-refractivity contribution in [1.82, 2.24) is 5.32 Å². The van der Waals surface area contributed by atoms with Gasteiger partial charge in [-0.3, -0.25) is 9.10 Å². The normalized spacial score (nSPS) is 17.4. The Labute approximate surface area is 175 Å². The van der Waals surface area contributed by atoms with Crippen molar-refractivity contribution in [2.75, 3.05) is 24.2 Å². The van der Waals surface area contributed by atoms with Crippen LogP contribution in [0, 0.1) is 5.82 Å². The van der Waals surface area contributed by atoms with Crippen LogP contribution in [0.1, 0.15) is 31.9 Å². The standard InChI is InChI=1S/C21H25FN2O5S/c1-21(2)12-17(15-10-9-14(28-3)11-19(15)29-21)23-20(25)13-24(30(4,26)27)18-8-6-5-7-16(18)22/h5-11,17H,12-13H2,1-4H3,(H,23,25). The van der Waals surface area contributed by atoms with E-state index < -0.39 is 39.9 Å². The van der Waals surface area contributed by atoms with Crippen molar-refractivity contribution in [1.29, 1.82) is 0 Å². The number of carbonyl (C=O) groups excluding carboxylic acids is 1. The van der Waals surface area contributed by atoms with Gasteiger partial charge in [0, 0.05) is 18.1 Å². The molecule has 0 aromatic heterocycles. The molecule has 1 unspecified atom stereocenters. The van der Waals surface area contributed by atoms with Crippen molar-refractivity contribution in [2.24, 2.45) is 0 Å². The molecule has 1 atom stereocenters. The number of sulfonamides is 1. The largest absolute Gasteiger partial charge is 0.497 e. The highest BCUT2D eigenvalue weighted by Gasteiger charge is 2.35. The number of rotatable bonds is 6. The molecule has 0 aliphatic carbocycles. The van der Waals surface area contributed by atoms with E-state index >= 15 is 0 Å². The highest BCUT2D eigenvalue weighted by Crippen LogP contribution is 2.41. The van der Waals surface area contributed by atoms with Crippen molar-refractivity contribution in [3.05, 3.63) is 53.8 Å². The Kier molecular flexibility index (Phi) is 5.94. The highest BCUT2D eigenvalue weighted by atomic mass is 32.2. The second-order valence-corrected chi connectivity index (χ2v) is 9.72. The van der Waals surface area contributed by atoms with E-state index in [4.69, 9.17) is 9.47 Å². The zero-order valence-electron chi connectivity index (χ0n) is 17.3. The molecule has 3 rings (SSSR count). The van der Waals surface area contributed by atoms with Crippen LogP contribution in [0.25, 0.3) is 0 Å². The summed E-state index contributed by atoms with van der Waals surface area (Å²) < 4.78 is 50.6. The smallest absolute Gasteiger partial charge is 0.241 e. The molecule has 0 fully saturated rings. The van der Waals surface area contributed by atoms with E-state index in [1.165, 1.54) is 18.2 Å². The molecule has 1 heterocycles. The van der Waals surface area contributed by atoms with Gasteiger partial charge in [0.05, 0.1) is 25.1 Å². The number of amides is 1. The average molecular weight is 437 g/mol. The van der Waals surface area contributed by atoms with Gasteiger partial charge in [-0.1, -0.05) is 12.1 Å². The van der Waals surface area contributed by atoms with Gasteiger partial charge in [-0.05, 0) is 38.1 Å². The fraction of sp³-hybridized carbons (Fsp3) is 0.381. The van der Waals surface area contributed by atoms with Gasteiger partial charge in [-0.15, -0.1) is 0 Å².